The molecule has 0 aliphatic carbocycles. The fourth-order valence-corrected chi connectivity index (χ4v) is 2.36. The molecule has 9 heteroatoms. The number of nitrogens with zero attached hydrogens (tertiary/aromatic N) is 3. The molecule has 0 unspecified atom stereocenters. The molecule has 0 saturated carbocycles. The van der Waals surface area contributed by atoms with Crippen molar-refractivity contribution in [3.05, 3.63) is 58.9 Å². The first-order valence-corrected chi connectivity index (χ1v) is 6.72. The maximum atomic E-state index is 12.8. The van der Waals surface area contributed by atoms with Crippen LogP contribution in [0.4, 0.5) is 13.2 Å². The molecule has 0 aliphatic heterocycles. The van der Waals surface area contributed by atoms with E-state index in [4.69, 9.17) is 0 Å². The lowest BCUT2D eigenvalue weighted by molar-refractivity contribution is -0.137. The monoisotopic (exact) mass is 337 g/mol. The normalized spacial score (nSPS) is 11.8. The molecule has 0 atom stereocenters. The van der Waals surface area contributed by atoms with Crippen LogP contribution in [0.5, 0.6) is 5.88 Å². The zero-order valence-electron chi connectivity index (χ0n) is 11.9. The van der Waals surface area contributed by atoms with E-state index in [1.807, 2.05) is 0 Å². The van der Waals surface area contributed by atoms with Gasteiger partial charge < -0.3 is 10.2 Å². The van der Waals surface area contributed by atoms with Crippen LogP contribution in [0.3, 0.4) is 0 Å². The van der Waals surface area contributed by atoms with E-state index in [-0.39, 0.29) is 23.2 Å². The highest BCUT2D eigenvalue weighted by molar-refractivity contribution is 5.88. The zero-order valence-corrected chi connectivity index (χ0v) is 11.9. The number of aromatic nitrogens is 3. The Hall–Kier alpha value is -3.10. The Labute approximate surface area is 132 Å². The van der Waals surface area contributed by atoms with Crippen molar-refractivity contribution in [2.75, 3.05) is 0 Å². The van der Waals surface area contributed by atoms with Gasteiger partial charge in [0.05, 0.1) is 17.3 Å². The van der Waals surface area contributed by atoms with E-state index in [9.17, 15) is 28.2 Å². The summed E-state index contributed by atoms with van der Waals surface area (Å²) in [4.78, 5) is 15.3. The van der Waals surface area contributed by atoms with Crippen LogP contribution >= 0.6 is 0 Å². The van der Waals surface area contributed by atoms with Gasteiger partial charge in [0.1, 0.15) is 0 Å². The summed E-state index contributed by atoms with van der Waals surface area (Å²) in [5.41, 5.74) is -1.09. The lowest BCUT2D eigenvalue weighted by Gasteiger charge is -2.11. The number of carbonyl (C=O) groups is 1. The molecule has 2 aromatic heterocycles. The first-order chi connectivity index (χ1) is 11.3. The highest BCUT2D eigenvalue weighted by Crippen LogP contribution is 2.31. The fraction of sp³-hybridized carbons (Fsp3) is 0.133. The Bertz CT molecular complexity index is 935. The number of alkyl halides is 3. The molecule has 3 rings (SSSR count). The number of aromatic carboxylic acids is 1. The molecular weight excluding hydrogens is 327 g/mol. The average Bonchev–Trinajstić information content (AvgIpc) is 2.98. The van der Waals surface area contributed by atoms with Gasteiger partial charge in [0, 0.05) is 12.5 Å². The van der Waals surface area contributed by atoms with Gasteiger partial charge in [-0.1, -0.05) is 18.2 Å². The molecule has 1 aromatic carbocycles. The molecule has 6 nitrogen and oxygen atoms in total. The minimum absolute atomic E-state index is 0.113. The molecule has 2 heterocycles. The molecule has 0 aliphatic rings. The molecule has 124 valence electrons. The van der Waals surface area contributed by atoms with Crippen molar-refractivity contribution in [3.63, 3.8) is 0 Å². The zero-order chi connectivity index (χ0) is 17.5. The van der Waals surface area contributed by atoms with Gasteiger partial charge in [0.2, 0.25) is 5.88 Å². The predicted molar refractivity (Wildman–Crippen MR) is 75.9 cm³/mol. The summed E-state index contributed by atoms with van der Waals surface area (Å²) in [5.74, 6) is -1.87. The number of carboxylic acids is 1. The molecule has 0 bridgehead atoms. The highest BCUT2D eigenvalue weighted by atomic mass is 19.4. The minimum Gasteiger partial charge on any atom is -0.493 e. The lowest BCUT2D eigenvalue weighted by atomic mass is 10.0. The first kappa shape index (κ1) is 15.8. The highest BCUT2D eigenvalue weighted by Gasteiger charge is 2.30. The van der Waals surface area contributed by atoms with Crippen LogP contribution in [0.15, 0.2) is 36.5 Å². The second-order valence-corrected chi connectivity index (χ2v) is 5.04. The largest absolute Gasteiger partial charge is 0.493 e. The van der Waals surface area contributed by atoms with Crippen LogP contribution in [0.25, 0.3) is 5.65 Å². The smallest absolute Gasteiger partial charge is 0.416 e. The summed E-state index contributed by atoms with van der Waals surface area (Å²) >= 11 is 0. The molecular formula is C15H10F3N3O3. The van der Waals surface area contributed by atoms with E-state index < -0.39 is 29.3 Å². The van der Waals surface area contributed by atoms with Gasteiger partial charge in [0.15, 0.2) is 11.3 Å². The van der Waals surface area contributed by atoms with Gasteiger partial charge in [-0.15, -0.1) is 0 Å². The third-order valence-electron chi connectivity index (χ3n) is 3.44. The predicted octanol–water partition coefficient (Wildman–Crippen LogP) is 2.74. The van der Waals surface area contributed by atoms with Crippen molar-refractivity contribution >= 4 is 11.6 Å². The fourth-order valence-electron chi connectivity index (χ4n) is 2.36. The van der Waals surface area contributed by atoms with Crippen LogP contribution in [0.2, 0.25) is 0 Å². The van der Waals surface area contributed by atoms with Gasteiger partial charge in [-0.2, -0.15) is 22.8 Å². The number of hydrogen-bond donors (Lipinski definition) is 2. The van der Waals surface area contributed by atoms with E-state index in [0.29, 0.717) is 0 Å². The number of benzene rings is 1. The second kappa shape index (κ2) is 5.52. The van der Waals surface area contributed by atoms with Gasteiger partial charge in [-0.05, 0) is 11.6 Å². The van der Waals surface area contributed by atoms with Crippen molar-refractivity contribution in [3.8, 4) is 5.88 Å². The van der Waals surface area contributed by atoms with Crippen molar-refractivity contribution in [2.45, 2.75) is 12.6 Å². The molecule has 2 N–H and O–H groups in total. The molecule has 0 spiro atoms. The van der Waals surface area contributed by atoms with E-state index in [1.54, 1.807) is 0 Å². The third-order valence-corrected chi connectivity index (χ3v) is 3.44. The van der Waals surface area contributed by atoms with Crippen molar-refractivity contribution in [2.24, 2.45) is 0 Å². The topological polar surface area (TPSA) is 87.7 Å². The Morgan fingerprint density at radius 3 is 2.67 bits per heavy atom. The lowest BCUT2D eigenvalue weighted by Crippen LogP contribution is -2.11. The van der Waals surface area contributed by atoms with Crippen LogP contribution in [0.1, 0.15) is 27.2 Å². The molecule has 0 saturated heterocycles. The number of carboxylic acid groups (broad SMARTS) is 1. The molecule has 0 amide bonds. The van der Waals surface area contributed by atoms with Gasteiger partial charge in [-0.3, -0.25) is 0 Å². The van der Waals surface area contributed by atoms with E-state index in [0.717, 1.165) is 16.6 Å². The van der Waals surface area contributed by atoms with Crippen molar-refractivity contribution < 1.29 is 28.2 Å². The van der Waals surface area contributed by atoms with Crippen LogP contribution < -0.4 is 0 Å². The number of halogens is 3. The second-order valence-electron chi connectivity index (χ2n) is 5.04. The quantitative estimate of drug-likeness (QED) is 0.767. The minimum atomic E-state index is -4.52. The SMILES string of the molecule is O=C(O)c1nc2ccnn2c(O)c1Cc1cccc(C(F)(F)F)c1. The summed E-state index contributed by atoms with van der Waals surface area (Å²) in [6, 6.07) is 5.85. The molecule has 0 fully saturated rings. The summed E-state index contributed by atoms with van der Waals surface area (Å²) in [7, 11) is 0. The maximum Gasteiger partial charge on any atom is 0.416 e. The van der Waals surface area contributed by atoms with Gasteiger partial charge in [0.25, 0.3) is 0 Å². The van der Waals surface area contributed by atoms with Gasteiger partial charge >= 0.3 is 12.1 Å². The summed E-state index contributed by atoms with van der Waals surface area (Å²) < 4.78 is 39.4. The Balaban J connectivity index is 2.11. The Morgan fingerprint density at radius 1 is 1.25 bits per heavy atom. The molecule has 3 aromatic rings. The van der Waals surface area contributed by atoms with Crippen LogP contribution in [-0.4, -0.2) is 30.8 Å². The number of rotatable bonds is 3. The summed E-state index contributed by atoms with van der Waals surface area (Å²) in [5, 5.41) is 23.3. The third kappa shape index (κ3) is 2.75. The van der Waals surface area contributed by atoms with Crippen molar-refractivity contribution in [1.29, 1.82) is 0 Å². The van der Waals surface area contributed by atoms with E-state index in [1.165, 1.54) is 24.4 Å². The summed E-state index contributed by atoms with van der Waals surface area (Å²) in [6.45, 7) is 0. The standard InChI is InChI=1S/C15H10F3N3O3/c16-15(17,18)9-3-1-2-8(6-9)7-10-12(14(23)24)20-11-4-5-19-21(11)13(10)22/h1-6,22H,7H2,(H,23,24). The molecule has 0 radical (unpaired) electrons. The van der Waals surface area contributed by atoms with Crippen LogP contribution in [0, 0.1) is 0 Å². The van der Waals surface area contributed by atoms with E-state index >= 15 is 0 Å². The first-order valence-electron chi connectivity index (χ1n) is 6.72. The van der Waals surface area contributed by atoms with E-state index in [2.05, 4.69) is 10.1 Å². The Morgan fingerprint density at radius 2 is 2.00 bits per heavy atom. The van der Waals surface area contributed by atoms with Crippen LogP contribution in [-0.2, 0) is 12.6 Å². The number of hydrogen-bond acceptors (Lipinski definition) is 4. The number of fused-ring (bicyclic) bond motifs is 1. The summed E-state index contributed by atoms with van der Waals surface area (Å²) in [6.07, 6.45) is -3.43. The maximum absolute atomic E-state index is 12.8. The number of aromatic hydroxyl groups is 1. The van der Waals surface area contributed by atoms with Crippen molar-refractivity contribution in [1.82, 2.24) is 14.6 Å². The van der Waals surface area contributed by atoms with Gasteiger partial charge in [-0.25, -0.2) is 9.78 Å². The average molecular weight is 337 g/mol. The molecule has 24 heavy (non-hydrogen) atoms. The Kier molecular flexibility index (Phi) is 3.63.